The van der Waals surface area contributed by atoms with E-state index in [0.29, 0.717) is 5.69 Å². The Labute approximate surface area is 426 Å². The second-order valence-corrected chi connectivity index (χ2v) is 23.8. The topological polar surface area (TPSA) is 9.72 Å². The van der Waals surface area contributed by atoms with Gasteiger partial charge in [-0.2, -0.15) is 0 Å². The highest BCUT2D eigenvalue weighted by Gasteiger charge is 2.45. The summed E-state index contributed by atoms with van der Waals surface area (Å²) in [7, 11) is 0. The smallest absolute Gasteiger partial charge is 0.252 e. The number of anilines is 9. The van der Waals surface area contributed by atoms with Gasteiger partial charge in [0.05, 0.1) is 12.5 Å². The quantitative estimate of drug-likeness (QED) is 0.159. The molecule has 8 aromatic rings. The maximum absolute atomic E-state index is 9.53. The molecule has 2 heterocycles. The van der Waals surface area contributed by atoms with Crippen LogP contribution in [0.15, 0.2) is 158 Å². The normalized spacial score (nSPS) is 15.5. The van der Waals surface area contributed by atoms with E-state index in [1.807, 2.05) is 4.90 Å². The summed E-state index contributed by atoms with van der Waals surface area (Å²) in [4.78, 5) is 6.87. The lowest BCUT2D eigenvalue weighted by Crippen LogP contribution is -2.61. The third-order valence-corrected chi connectivity index (χ3v) is 15.4. The molecule has 0 saturated heterocycles. The van der Waals surface area contributed by atoms with Gasteiger partial charge in [0.15, 0.2) is 0 Å². The number of aryl methyl sites for hydroxylation is 3. The molecule has 0 spiro atoms. The maximum Gasteiger partial charge on any atom is 0.252 e. The Morgan fingerprint density at radius 1 is 0.486 bits per heavy atom. The van der Waals surface area contributed by atoms with Gasteiger partial charge in [0, 0.05) is 50.9 Å². The monoisotopic (exact) mass is 919 g/mol. The third-order valence-electron chi connectivity index (χ3n) is 15.4. The van der Waals surface area contributed by atoms with Gasteiger partial charge in [-0.05, 0) is 176 Å². The molecule has 0 aromatic heterocycles. The van der Waals surface area contributed by atoms with E-state index < -0.39 is 6.04 Å². The summed E-state index contributed by atoms with van der Waals surface area (Å²) in [5.74, 6) is 0. The third kappa shape index (κ3) is 7.23. The van der Waals surface area contributed by atoms with Crippen LogP contribution >= 0.6 is 0 Å². The van der Waals surface area contributed by atoms with Gasteiger partial charge in [0.1, 0.15) is 0 Å². The molecule has 0 radical (unpaired) electrons. The van der Waals surface area contributed by atoms with Crippen LogP contribution in [0.2, 0.25) is 0 Å². The number of para-hydroxylation sites is 1. The van der Waals surface area contributed by atoms with Gasteiger partial charge < -0.3 is 14.7 Å². The van der Waals surface area contributed by atoms with E-state index in [0.717, 1.165) is 67.5 Å². The van der Waals surface area contributed by atoms with E-state index in [-0.39, 0.29) is 58.2 Å². The highest BCUT2D eigenvalue weighted by atomic mass is 15.2. The number of rotatable bonds is 5. The zero-order valence-electron chi connectivity index (χ0n) is 48.5. The molecule has 0 bridgehead atoms. The van der Waals surface area contributed by atoms with Crippen LogP contribution in [0, 0.1) is 20.8 Å². The van der Waals surface area contributed by atoms with Gasteiger partial charge >= 0.3 is 0 Å². The highest BCUT2D eigenvalue weighted by molar-refractivity contribution is 7.00. The molecular formula is C66H68BN3. The molecule has 4 heteroatoms. The van der Waals surface area contributed by atoms with Crippen molar-refractivity contribution in [3.63, 3.8) is 0 Å². The number of fused-ring (bicyclic) bond motifs is 7. The zero-order chi connectivity index (χ0) is 53.7. The minimum atomic E-state index is -0.420. The van der Waals surface area contributed by atoms with Crippen molar-refractivity contribution >= 4 is 74.3 Å². The summed E-state index contributed by atoms with van der Waals surface area (Å²) >= 11 is 0. The van der Waals surface area contributed by atoms with Crippen molar-refractivity contribution in [3.8, 4) is 11.1 Å². The van der Waals surface area contributed by atoms with Crippen LogP contribution in [0.25, 0.3) is 11.1 Å². The van der Waals surface area contributed by atoms with E-state index in [2.05, 4.69) is 234 Å². The van der Waals surface area contributed by atoms with Gasteiger partial charge in [-0.3, -0.25) is 0 Å². The minimum Gasteiger partial charge on any atom is -0.311 e. The molecule has 2 aliphatic heterocycles. The second-order valence-electron chi connectivity index (χ2n) is 23.8. The Balaban J connectivity index is 1.24. The standard InChI is InChI=1S/C66H68BN3/c1-41-34-59-61-60(35-41)70(49-29-31-52-51-22-18-19-23-53(51)66(13,14)54(52)39-49)58-40-50(68(47-20-16-15-17-21-47)62-42(2)36-46(37-43(62)3)65(10,11)12)30-33-56(58)67(61)55-32-26-45(64(7,8)9)38-57(55)69(59)48-27-24-44(25-28-48)63(4,5)6/h15-40H,1-14H3/i15D,16D,17D,20D,21D. The van der Waals surface area contributed by atoms with Crippen molar-refractivity contribution < 1.29 is 6.85 Å². The van der Waals surface area contributed by atoms with Crippen LogP contribution < -0.4 is 31.1 Å². The first-order valence-corrected chi connectivity index (χ1v) is 25.1. The summed E-state index contributed by atoms with van der Waals surface area (Å²) in [6.07, 6.45) is 0. The van der Waals surface area contributed by atoms with Crippen molar-refractivity contribution in [2.24, 2.45) is 0 Å². The molecular weight excluding hydrogens is 846 g/mol. The van der Waals surface area contributed by atoms with Gasteiger partial charge in [-0.1, -0.05) is 167 Å². The predicted octanol–water partition coefficient (Wildman–Crippen LogP) is 16.4. The maximum atomic E-state index is 9.53. The fourth-order valence-electron chi connectivity index (χ4n) is 11.7. The molecule has 3 aliphatic rings. The molecule has 8 aromatic carbocycles. The molecule has 350 valence electrons. The largest absolute Gasteiger partial charge is 0.311 e. The van der Waals surface area contributed by atoms with E-state index in [1.165, 1.54) is 44.3 Å². The van der Waals surface area contributed by atoms with Crippen LogP contribution in [-0.2, 0) is 21.7 Å². The number of hydrogen-bond donors (Lipinski definition) is 0. The molecule has 0 saturated carbocycles. The summed E-state index contributed by atoms with van der Waals surface area (Å²) < 4.78 is 45.7. The van der Waals surface area contributed by atoms with Gasteiger partial charge in [-0.25, -0.2) is 0 Å². The molecule has 0 fully saturated rings. The lowest BCUT2D eigenvalue weighted by atomic mass is 9.33. The summed E-state index contributed by atoms with van der Waals surface area (Å²) in [5, 5.41) is 0. The SMILES string of the molecule is [2H]c1c([2H])c([2H])c(N(c2ccc3c(c2)N(c2ccc4c(c2)C(C)(C)c2ccccc2-4)c2cc(C)cc4c2B3c2ccc(C(C)(C)C)cc2N4c2ccc(C(C)(C)C)cc2)c2c(C)cc(C(C)(C)C)cc2C)c([2H])c1[2H]. The van der Waals surface area contributed by atoms with Crippen molar-refractivity contribution in [1.29, 1.82) is 0 Å². The Kier molecular flexibility index (Phi) is 9.07. The first-order valence-electron chi connectivity index (χ1n) is 27.6. The van der Waals surface area contributed by atoms with Crippen LogP contribution in [0.1, 0.15) is 128 Å². The average Bonchev–Trinajstić information content (AvgIpc) is 3.58. The first-order chi connectivity index (χ1) is 35.2. The average molecular weight is 919 g/mol. The second kappa shape index (κ2) is 15.9. The molecule has 1 aliphatic carbocycles. The van der Waals surface area contributed by atoms with Crippen molar-refractivity contribution in [2.45, 2.75) is 119 Å². The molecule has 11 rings (SSSR count). The Morgan fingerprint density at radius 3 is 1.66 bits per heavy atom. The molecule has 70 heavy (non-hydrogen) atoms. The van der Waals surface area contributed by atoms with Crippen LogP contribution in [0.5, 0.6) is 0 Å². The van der Waals surface area contributed by atoms with Crippen molar-refractivity contribution in [3.05, 3.63) is 202 Å². The van der Waals surface area contributed by atoms with Crippen molar-refractivity contribution in [1.82, 2.24) is 0 Å². The van der Waals surface area contributed by atoms with Crippen molar-refractivity contribution in [2.75, 3.05) is 14.7 Å². The lowest BCUT2D eigenvalue weighted by molar-refractivity contribution is 0.589. The van der Waals surface area contributed by atoms with E-state index >= 15 is 0 Å². The molecule has 3 nitrogen and oxygen atoms in total. The Bertz CT molecular complexity index is 3650. The zero-order valence-corrected chi connectivity index (χ0v) is 43.5. The number of benzene rings is 8. The Hall–Kier alpha value is -6.78. The number of hydrogen-bond acceptors (Lipinski definition) is 3. The summed E-state index contributed by atoms with van der Waals surface area (Å²) in [6.45, 7) is 31.1. The van der Waals surface area contributed by atoms with Gasteiger partial charge in [0.2, 0.25) is 0 Å². The Morgan fingerprint density at radius 2 is 1.03 bits per heavy atom. The predicted molar refractivity (Wildman–Crippen MR) is 303 cm³/mol. The molecule has 0 amide bonds. The van der Waals surface area contributed by atoms with Gasteiger partial charge in [0.25, 0.3) is 6.71 Å². The van der Waals surface area contributed by atoms with E-state index in [9.17, 15) is 2.74 Å². The number of nitrogens with zero attached hydrogens (tertiary/aromatic N) is 3. The van der Waals surface area contributed by atoms with Crippen LogP contribution in [0.4, 0.5) is 51.2 Å². The lowest BCUT2D eigenvalue weighted by Gasteiger charge is -2.45. The van der Waals surface area contributed by atoms with E-state index in [4.69, 9.17) is 4.11 Å². The van der Waals surface area contributed by atoms with Crippen LogP contribution in [-0.4, -0.2) is 6.71 Å². The minimum absolute atomic E-state index is 0.00835. The fourth-order valence-corrected chi connectivity index (χ4v) is 11.7. The summed E-state index contributed by atoms with van der Waals surface area (Å²) in [5.41, 5.74) is 22.8. The molecule has 0 N–H and O–H groups in total. The first kappa shape index (κ1) is 40.0. The molecule has 0 atom stereocenters. The molecule has 0 unspecified atom stereocenters. The highest BCUT2D eigenvalue weighted by Crippen LogP contribution is 2.53. The summed E-state index contributed by atoms with van der Waals surface area (Å²) in [6, 6.07) is 45.9. The van der Waals surface area contributed by atoms with E-state index in [1.54, 1.807) is 0 Å². The fraction of sp³-hybridized carbons (Fsp3) is 0.273. The van der Waals surface area contributed by atoms with Crippen LogP contribution in [0.3, 0.4) is 0 Å². The van der Waals surface area contributed by atoms with Gasteiger partial charge in [-0.15, -0.1) is 0 Å².